The van der Waals surface area contributed by atoms with Crippen molar-refractivity contribution in [1.29, 1.82) is 0 Å². The van der Waals surface area contributed by atoms with Gasteiger partial charge in [-0.2, -0.15) is 5.10 Å². The largest absolute Gasteiger partial charge is 0.343 e. The molecule has 56 valence electrons. The van der Waals surface area contributed by atoms with E-state index in [1.54, 1.807) is 4.57 Å². The first-order valence-corrected chi connectivity index (χ1v) is 3.43. The fourth-order valence-corrected chi connectivity index (χ4v) is 0.946. The van der Waals surface area contributed by atoms with Crippen molar-refractivity contribution in [2.75, 3.05) is 0 Å². The van der Waals surface area contributed by atoms with Gasteiger partial charge in [-0.1, -0.05) is 6.92 Å². The molecule has 0 unspecified atom stereocenters. The molecule has 0 saturated carbocycles. The first-order valence-electron chi connectivity index (χ1n) is 3.43. The maximum atomic E-state index is 10.9. The number of nitrogens with zero attached hydrogens (tertiary/aromatic N) is 2. The average Bonchev–Trinajstić information content (AvgIpc) is 2.30. The molecule has 4 nitrogen and oxygen atoms in total. The summed E-state index contributed by atoms with van der Waals surface area (Å²) in [6, 6.07) is 0. The monoisotopic (exact) mass is 141 g/mol. The summed E-state index contributed by atoms with van der Waals surface area (Å²) in [5, 5.41) is 6.23. The van der Waals surface area contributed by atoms with Crippen LogP contribution in [-0.4, -0.2) is 14.8 Å². The number of rotatable bonds is 2. The van der Waals surface area contributed by atoms with Crippen molar-refractivity contribution in [3.8, 4) is 0 Å². The quantitative estimate of drug-likeness (QED) is 0.637. The number of nitrogens with one attached hydrogen (secondary N) is 1. The summed E-state index contributed by atoms with van der Waals surface area (Å²) in [7, 11) is 0. The molecule has 0 bridgehead atoms. The number of H-pyrrole nitrogens is 1. The molecule has 1 aromatic heterocycles. The van der Waals surface area contributed by atoms with Crippen LogP contribution < -0.4 is 5.69 Å². The van der Waals surface area contributed by atoms with Gasteiger partial charge in [-0.3, -0.25) is 4.57 Å². The Morgan fingerprint density at radius 2 is 2.30 bits per heavy atom. The topological polar surface area (TPSA) is 50.7 Å². The van der Waals surface area contributed by atoms with Gasteiger partial charge in [-0.25, -0.2) is 9.89 Å². The van der Waals surface area contributed by atoms with E-state index < -0.39 is 0 Å². The van der Waals surface area contributed by atoms with E-state index in [4.69, 9.17) is 0 Å². The zero-order chi connectivity index (χ0) is 7.56. The summed E-state index contributed by atoms with van der Waals surface area (Å²) < 4.78 is 1.62. The van der Waals surface area contributed by atoms with Crippen LogP contribution in [0.3, 0.4) is 0 Å². The lowest BCUT2D eigenvalue weighted by Gasteiger charge is -1.95. The minimum atomic E-state index is -0.112. The minimum Gasteiger partial charge on any atom is -0.279 e. The molecule has 0 spiro atoms. The molecule has 0 amide bonds. The van der Waals surface area contributed by atoms with Gasteiger partial charge in [0.05, 0.1) is 0 Å². The Hall–Kier alpha value is -1.06. The fourth-order valence-electron chi connectivity index (χ4n) is 0.946. The molecule has 0 aromatic carbocycles. The van der Waals surface area contributed by atoms with Gasteiger partial charge in [0.15, 0.2) is 0 Å². The van der Waals surface area contributed by atoms with E-state index in [2.05, 4.69) is 10.2 Å². The Morgan fingerprint density at radius 3 is 2.70 bits per heavy atom. The summed E-state index contributed by atoms with van der Waals surface area (Å²) >= 11 is 0. The van der Waals surface area contributed by atoms with Crippen molar-refractivity contribution < 1.29 is 0 Å². The molecule has 4 heteroatoms. The average molecular weight is 141 g/mol. The van der Waals surface area contributed by atoms with Crippen LogP contribution in [0.1, 0.15) is 19.7 Å². The van der Waals surface area contributed by atoms with Gasteiger partial charge in [0.2, 0.25) is 0 Å². The second-order valence-corrected chi connectivity index (χ2v) is 2.04. The van der Waals surface area contributed by atoms with E-state index in [1.165, 1.54) is 0 Å². The van der Waals surface area contributed by atoms with Gasteiger partial charge in [0, 0.05) is 13.0 Å². The highest BCUT2D eigenvalue weighted by Crippen LogP contribution is 1.89. The Bertz CT molecular complexity index is 260. The van der Waals surface area contributed by atoms with Crippen LogP contribution in [0.5, 0.6) is 0 Å². The van der Waals surface area contributed by atoms with Crippen LogP contribution in [0, 0.1) is 0 Å². The molecule has 1 rings (SSSR count). The Kier molecular flexibility index (Phi) is 1.89. The molecule has 0 atom stereocenters. The maximum absolute atomic E-state index is 10.9. The normalized spacial score (nSPS) is 10.2. The van der Waals surface area contributed by atoms with Crippen molar-refractivity contribution >= 4 is 0 Å². The Morgan fingerprint density at radius 1 is 1.60 bits per heavy atom. The number of aryl methyl sites for hydroxylation is 1. The molecule has 1 heterocycles. The van der Waals surface area contributed by atoms with Crippen LogP contribution in [0.15, 0.2) is 4.79 Å². The van der Waals surface area contributed by atoms with Crippen LogP contribution in [0.25, 0.3) is 0 Å². The van der Waals surface area contributed by atoms with Crippen LogP contribution in [0.2, 0.25) is 0 Å². The van der Waals surface area contributed by atoms with E-state index in [9.17, 15) is 4.79 Å². The van der Waals surface area contributed by atoms with Crippen molar-refractivity contribution in [2.45, 2.75) is 26.8 Å². The molecule has 0 aliphatic heterocycles. The first kappa shape index (κ1) is 7.05. The predicted molar refractivity (Wildman–Crippen MR) is 37.9 cm³/mol. The number of hydrogen-bond acceptors (Lipinski definition) is 2. The zero-order valence-corrected chi connectivity index (χ0v) is 6.22. The van der Waals surface area contributed by atoms with Crippen LogP contribution in [0.4, 0.5) is 0 Å². The van der Waals surface area contributed by atoms with Gasteiger partial charge in [-0.15, -0.1) is 0 Å². The van der Waals surface area contributed by atoms with Gasteiger partial charge >= 0.3 is 5.69 Å². The number of hydrogen-bond donors (Lipinski definition) is 1. The second kappa shape index (κ2) is 2.68. The number of aromatic nitrogens is 3. The van der Waals surface area contributed by atoms with Crippen molar-refractivity contribution in [1.82, 2.24) is 14.8 Å². The van der Waals surface area contributed by atoms with E-state index in [-0.39, 0.29) is 5.69 Å². The van der Waals surface area contributed by atoms with Crippen molar-refractivity contribution in [3.05, 3.63) is 16.3 Å². The van der Waals surface area contributed by atoms with Crippen LogP contribution >= 0.6 is 0 Å². The molecule has 0 aliphatic carbocycles. The third kappa shape index (κ3) is 0.964. The molecule has 0 aliphatic rings. The van der Waals surface area contributed by atoms with Gasteiger partial charge in [0.1, 0.15) is 5.82 Å². The number of aromatic amines is 1. The lowest BCUT2D eigenvalue weighted by molar-refractivity contribution is 0.684. The third-order valence-electron chi connectivity index (χ3n) is 1.47. The van der Waals surface area contributed by atoms with E-state index >= 15 is 0 Å². The standard InChI is InChI=1S/C6H11N3O/c1-3-5-7-8-6(10)9(5)4-2/h3-4H2,1-2H3,(H,8,10). The SMILES string of the molecule is CCc1n[nH]c(=O)n1CC. The fraction of sp³-hybridized carbons (Fsp3) is 0.667. The van der Waals surface area contributed by atoms with E-state index in [1.807, 2.05) is 13.8 Å². The van der Waals surface area contributed by atoms with Crippen LogP contribution in [-0.2, 0) is 13.0 Å². The maximum Gasteiger partial charge on any atom is 0.343 e. The summed E-state index contributed by atoms with van der Waals surface area (Å²) in [4.78, 5) is 10.9. The molecular formula is C6H11N3O. The third-order valence-corrected chi connectivity index (χ3v) is 1.47. The molecule has 1 N–H and O–H groups in total. The van der Waals surface area contributed by atoms with Crippen molar-refractivity contribution in [3.63, 3.8) is 0 Å². The smallest absolute Gasteiger partial charge is 0.279 e. The summed E-state index contributed by atoms with van der Waals surface area (Å²) in [6.45, 7) is 4.59. The lowest BCUT2D eigenvalue weighted by atomic mass is 10.4. The predicted octanol–water partition coefficient (Wildman–Crippen LogP) is 0.154. The summed E-state index contributed by atoms with van der Waals surface area (Å²) in [6.07, 6.45) is 0.798. The molecule has 0 radical (unpaired) electrons. The highest BCUT2D eigenvalue weighted by atomic mass is 16.1. The van der Waals surface area contributed by atoms with E-state index in [0.717, 1.165) is 12.2 Å². The minimum absolute atomic E-state index is 0.112. The van der Waals surface area contributed by atoms with Gasteiger partial charge in [0.25, 0.3) is 0 Å². The molecule has 1 aromatic rings. The highest BCUT2D eigenvalue weighted by molar-refractivity contribution is 4.84. The van der Waals surface area contributed by atoms with Crippen molar-refractivity contribution in [2.24, 2.45) is 0 Å². The summed E-state index contributed by atoms with van der Waals surface area (Å²) in [5.74, 6) is 0.826. The molecule has 10 heavy (non-hydrogen) atoms. The zero-order valence-electron chi connectivity index (χ0n) is 6.22. The molecule has 0 saturated heterocycles. The van der Waals surface area contributed by atoms with Gasteiger partial charge < -0.3 is 0 Å². The molecular weight excluding hydrogens is 130 g/mol. The Balaban J connectivity index is 3.13. The van der Waals surface area contributed by atoms with Gasteiger partial charge in [-0.05, 0) is 6.92 Å². The lowest BCUT2D eigenvalue weighted by Crippen LogP contribution is -2.17. The highest BCUT2D eigenvalue weighted by Gasteiger charge is 2.01. The Labute approximate surface area is 58.9 Å². The second-order valence-electron chi connectivity index (χ2n) is 2.04. The molecule has 0 fully saturated rings. The van der Waals surface area contributed by atoms with E-state index in [0.29, 0.717) is 6.54 Å². The summed E-state index contributed by atoms with van der Waals surface area (Å²) in [5.41, 5.74) is -0.112. The first-order chi connectivity index (χ1) is 4.79.